The number of methoxy groups -OCH3 is 1. The van der Waals surface area contributed by atoms with Crippen molar-refractivity contribution in [3.63, 3.8) is 0 Å². The number of aromatic nitrogens is 2. The van der Waals surface area contributed by atoms with E-state index in [0.29, 0.717) is 5.95 Å². The lowest BCUT2D eigenvalue weighted by atomic mass is 10.3. The predicted molar refractivity (Wildman–Crippen MR) is 94.1 cm³/mol. The molecule has 0 aliphatic carbocycles. The Morgan fingerprint density at radius 3 is 2.71 bits per heavy atom. The van der Waals surface area contributed by atoms with Gasteiger partial charge in [0.25, 0.3) is 0 Å². The third kappa shape index (κ3) is 4.81. The van der Waals surface area contributed by atoms with E-state index in [1.165, 1.54) is 0 Å². The largest absolute Gasteiger partial charge is 0.497 e. The maximum absolute atomic E-state index is 5.35. The Morgan fingerprint density at radius 2 is 1.96 bits per heavy atom. The Labute approximate surface area is 142 Å². The molecule has 7 nitrogen and oxygen atoms in total. The van der Waals surface area contributed by atoms with E-state index < -0.39 is 0 Å². The molecule has 128 valence electrons. The third-order valence-electron chi connectivity index (χ3n) is 3.84. The molecule has 3 rings (SSSR count). The first-order valence-electron chi connectivity index (χ1n) is 8.11. The van der Waals surface area contributed by atoms with E-state index in [-0.39, 0.29) is 0 Å². The Bertz CT molecular complexity index is 629. The summed E-state index contributed by atoms with van der Waals surface area (Å²) in [5, 5.41) is 6.53. The quantitative estimate of drug-likeness (QED) is 0.804. The predicted octanol–water partition coefficient (Wildman–Crippen LogP) is 1.97. The van der Waals surface area contributed by atoms with Crippen LogP contribution in [0.2, 0.25) is 0 Å². The van der Waals surface area contributed by atoms with Crippen molar-refractivity contribution in [1.82, 2.24) is 14.9 Å². The SMILES string of the molecule is COc1ccc(Nc2nccc(NCCN3CCOCC3)n2)cc1. The molecule has 0 bridgehead atoms. The normalized spacial score (nSPS) is 15.0. The van der Waals surface area contributed by atoms with Crippen molar-refractivity contribution in [1.29, 1.82) is 0 Å². The highest BCUT2D eigenvalue weighted by Gasteiger charge is 2.09. The lowest BCUT2D eigenvalue weighted by Crippen LogP contribution is -2.39. The Morgan fingerprint density at radius 1 is 1.17 bits per heavy atom. The molecule has 2 heterocycles. The van der Waals surface area contributed by atoms with Crippen LogP contribution < -0.4 is 15.4 Å². The number of nitrogens with one attached hydrogen (secondary N) is 2. The summed E-state index contributed by atoms with van der Waals surface area (Å²) in [6.07, 6.45) is 1.75. The van der Waals surface area contributed by atoms with Crippen LogP contribution in [0.1, 0.15) is 0 Å². The van der Waals surface area contributed by atoms with Gasteiger partial charge in [0.05, 0.1) is 20.3 Å². The van der Waals surface area contributed by atoms with E-state index in [9.17, 15) is 0 Å². The summed E-state index contributed by atoms with van der Waals surface area (Å²) in [7, 11) is 1.65. The van der Waals surface area contributed by atoms with Crippen molar-refractivity contribution >= 4 is 17.5 Å². The first-order valence-corrected chi connectivity index (χ1v) is 8.11. The van der Waals surface area contributed by atoms with Crippen LogP contribution in [-0.2, 0) is 4.74 Å². The van der Waals surface area contributed by atoms with Gasteiger partial charge in [0.2, 0.25) is 5.95 Å². The summed E-state index contributed by atoms with van der Waals surface area (Å²) in [5.74, 6) is 2.20. The number of hydrogen-bond donors (Lipinski definition) is 2. The smallest absolute Gasteiger partial charge is 0.229 e. The van der Waals surface area contributed by atoms with Crippen LogP contribution in [-0.4, -0.2) is 61.4 Å². The topological polar surface area (TPSA) is 71.5 Å². The number of nitrogens with zero attached hydrogens (tertiary/aromatic N) is 3. The van der Waals surface area contributed by atoms with Crippen molar-refractivity contribution in [2.75, 3.05) is 57.1 Å². The first-order chi connectivity index (χ1) is 11.8. The standard InChI is InChI=1S/C17H23N5O2/c1-23-15-4-2-14(3-5-15)20-17-19-7-6-16(21-17)18-8-9-22-10-12-24-13-11-22/h2-7H,8-13H2,1H3,(H2,18,19,20,21). The van der Waals surface area contributed by atoms with E-state index in [1.807, 2.05) is 30.3 Å². The van der Waals surface area contributed by atoms with Crippen LogP contribution >= 0.6 is 0 Å². The average molecular weight is 329 g/mol. The van der Waals surface area contributed by atoms with Crippen LogP contribution in [0.4, 0.5) is 17.5 Å². The highest BCUT2D eigenvalue weighted by molar-refractivity contribution is 5.55. The van der Waals surface area contributed by atoms with Crippen molar-refractivity contribution in [2.24, 2.45) is 0 Å². The molecule has 0 saturated carbocycles. The molecule has 1 fully saturated rings. The van der Waals surface area contributed by atoms with Crippen molar-refractivity contribution in [3.05, 3.63) is 36.5 Å². The molecule has 0 radical (unpaired) electrons. The summed E-state index contributed by atoms with van der Waals surface area (Å²) >= 11 is 0. The minimum atomic E-state index is 0.566. The molecule has 0 spiro atoms. The maximum Gasteiger partial charge on any atom is 0.229 e. The van der Waals surface area contributed by atoms with E-state index in [4.69, 9.17) is 9.47 Å². The second-order valence-electron chi connectivity index (χ2n) is 5.50. The monoisotopic (exact) mass is 329 g/mol. The van der Waals surface area contributed by atoms with Gasteiger partial charge < -0.3 is 20.1 Å². The maximum atomic E-state index is 5.35. The summed E-state index contributed by atoms with van der Waals surface area (Å²) in [6, 6.07) is 9.53. The molecule has 7 heteroatoms. The van der Waals surface area contributed by atoms with Gasteiger partial charge in [0.15, 0.2) is 0 Å². The number of ether oxygens (including phenoxy) is 2. The van der Waals surface area contributed by atoms with Gasteiger partial charge in [-0.2, -0.15) is 4.98 Å². The lowest BCUT2D eigenvalue weighted by molar-refractivity contribution is 0.0398. The van der Waals surface area contributed by atoms with Crippen molar-refractivity contribution < 1.29 is 9.47 Å². The molecule has 1 aromatic heterocycles. The van der Waals surface area contributed by atoms with Gasteiger partial charge in [-0.15, -0.1) is 0 Å². The Balaban J connectivity index is 1.51. The van der Waals surface area contributed by atoms with Gasteiger partial charge in [-0.1, -0.05) is 0 Å². The summed E-state index contributed by atoms with van der Waals surface area (Å²) in [6.45, 7) is 5.46. The third-order valence-corrected chi connectivity index (χ3v) is 3.84. The molecular formula is C17H23N5O2. The zero-order valence-corrected chi connectivity index (χ0v) is 13.9. The van der Waals surface area contributed by atoms with Gasteiger partial charge in [-0.3, -0.25) is 4.90 Å². The minimum Gasteiger partial charge on any atom is -0.497 e. The zero-order chi connectivity index (χ0) is 16.6. The number of anilines is 3. The van der Waals surface area contributed by atoms with E-state index in [2.05, 4.69) is 25.5 Å². The van der Waals surface area contributed by atoms with E-state index in [0.717, 1.165) is 56.6 Å². The Hall–Kier alpha value is -2.38. The van der Waals surface area contributed by atoms with E-state index >= 15 is 0 Å². The molecule has 2 N–H and O–H groups in total. The molecule has 1 saturated heterocycles. The second-order valence-corrected chi connectivity index (χ2v) is 5.50. The minimum absolute atomic E-state index is 0.566. The molecule has 0 atom stereocenters. The summed E-state index contributed by atoms with van der Waals surface area (Å²) in [5.41, 5.74) is 0.918. The molecule has 1 aliphatic rings. The second kappa shape index (κ2) is 8.47. The van der Waals surface area contributed by atoms with Crippen molar-refractivity contribution in [2.45, 2.75) is 0 Å². The number of benzene rings is 1. The van der Waals surface area contributed by atoms with Crippen LogP contribution in [0.15, 0.2) is 36.5 Å². The number of morpholine rings is 1. The fourth-order valence-corrected chi connectivity index (χ4v) is 2.49. The zero-order valence-electron chi connectivity index (χ0n) is 13.9. The van der Waals surface area contributed by atoms with Crippen LogP contribution in [0.5, 0.6) is 5.75 Å². The molecular weight excluding hydrogens is 306 g/mol. The van der Waals surface area contributed by atoms with Gasteiger partial charge in [-0.05, 0) is 30.3 Å². The molecule has 1 aromatic carbocycles. The van der Waals surface area contributed by atoms with Gasteiger partial charge >= 0.3 is 0 Å². The number of hydrogen-bond acceptors (Lipinski definition) is 7. The van der Waals surface area contributed by atoms with Gasteiger partial charge in [0.1, 0.15) is 11.6 Å². The fourth-order valence-electron chi connectivity index (χ4n) is 2.49. The average Bonchev–Trinajstić information content (AvgIpc) is 2.64. The number of rotatable bonds is 7. The fraction of sp³-hybridized carbons (Fsp3) is 0.412. The first kappa shape index (κ1) is 16.5. The van der Waals surface area contributed by atoms with E-state index in [1.54, 1.807) is 13.3 Å². The molecule has 1 aliphatic heterocycles. The summed E-state index contributed by atoms with van der Waals surface area (Å²) < 4.78 is 10.5. The highest BCUT2D eigenvalue weighted by atomic mass is 16.5. The highest BCUT2D eigenvalue weighted by Crippen LogP contribution is 2.18. The molecule has 24 heavy (non-hydrogen) atoms. The molecule has 2 aromatic rings. The Kier molecular flexibility index (Phi) is 5.81. The van der Waals surface area contributed by atoms with Crippen LogP contribution in [0, 0.1) is 0 Å². The van der Waals surface area contributed by atoms with Gasteiger partial charge in [-0.25, -0.2) is 4.98 Å². The molecule has 0 unspecified atom stereocenters. The lowest BCUT2D eigenvalue weighted by Gasteiger charge is -2.26. The van der Waals surface area contributed by atoms with Crippen molar-refractivity contribution in [3.8, 4) is 5.75 Å². The molecule has 0 amide bonds. The van der Waals surface area contributed by atoms with Gasteiger partial charge in [0, 0.05) is 38.1 Å². The summed E-state index contributed by atoms with van der Waals surface area (Å²) in [4.78, 5) is 11.1. The van der Waals surface area contributed by atoms with Crippen LogP contribution in [0.3, 0.4) is 0 Å². The van der Waals surface area contributed by atoms with Crippen LogP contribution in [0.25, 0.3) is 0 Å².